The van der Waals surface area contributed by atoms with Crippen LogP contribution >= 0.6 is 11.8 Å². The molecule has 4 heteroatoms. The first-order chi connectivity index (χ1) is 8.31. The molecule has 1 unspecified atom stereocenters. The van der Waals surface area contributed by atoms with E-state index in [1.807, 2.05) is 11.8 Å². The summed E-state index contributed by atoms with van der Waals surface area (Å²) in [4.78, 5) is 14.3. The van der Waals surface area contributed by atoms with Crippen LogP contribution in [0.1, 0.15) is 32.6 Å². The fourth-order valence-electron chi connectivity index (χ4n) is 2.68. The van der Waals surface area contributed by atoms with Gasteiger partial charge in [0, 0.05) is 13.1 Å². The maximum atomic E-state index is 12.2. The highest BCUT2D eigenvalue weighted by molar-refractivity contribution is 8.00. The molecule has 0 bridgehead atoms. The number of rotatable bonds is 4. The molecule has 1 atom stereocenters. The van der Waals surface area contributed by atoms with Crippen LogP contribution in [-0.4, -0.2) is 48.0 Å². The SMILES string of the molecule is CCNCC1CCN(C(=O)C2CCCS2)CC1. The van der Waals surface area contributed by atoms with Gasteiger partial charge in [-0.1, -0.05) is 6.92 Å². The number of thioether (sulfide) groups is 1. The van der Waals surface area contributed by atoms with Gasteiger partial charge in [-0.05, 0) is 50.4 Å². The highest BCUT2D eigenvalue weighted by Gasteiger charge is 2.30. The van der Waals surface area contributed by atoms with Gasteiger partial charge in [-0.25, -0.2) is 0 Å². The Labute approximate surface area is 109 Å². The van der Waals surface area contributed by atoms with Crippen LogP contribution in [0.4, 0.5) is 0 Å². The van der Waals surface area contributed by atoms with E-state index in [4.69, 9.17) is 0 Å². The van der Waals surface area contributed by atoms with Gasteiger partial charge >= 0.3 is 0 Å². The van der Waals surface area contributed by atoms with Gasteiger partial charge in [0.15, 0.2) is 0 Å². The molecule has 17 heavy (non-hydrogen) atoms. The molecule has 0 aromatic carbocycles. The van der Waals surface area contributed by atoms with E-state index in [9.17, 15) is 4.79 Å². The summed E-state index contributed by atoms with van der Waals surface area (Å²) in [5.41, 5.74) is 0. The van der Waals surface area contributed by atoms with Crippen molar-refractivity contribution >= 4 is 17.7 Å². The molecule has 98 valence electrons. The monoisotopic (exact) mass is 256 g/mol. The van der Waals surface area contributed by atoms with Crippen molar-refractivity contribution in [2.24, 2.45) is 5.92 Å². The van der Waals surface area contributed by atoms with E-state index in [-0.39, 0.29) is 5.25 Å². The Balaban J connectivity index is 1.72. The Morgan fingerprint density at radius 3 is 2.71 bits per heavy atom. The summed E-state index contributed by atoms with van der Waals surface area (Å²) in [6.45, 7) is 6.28. The van der Waals surface area contributed by atoms with Crippen LogP contribution < -0.4 is 5.32 Å². The summed E-state index contributed by atoms with van der Waals surface area (Å²) >= 11 is 1.86. The van der Waals surface area contributed by atoms with Crippen molar-refractivity contribution in [3.63, 3.8) is 0 Å². The number of likely N-dealkylation sites (tertiary alicyclic amines) is 1. The highest BCUT2D eigenvalue weighted by atomic mass is 32.2. The third kappa shape index (κ3) is 3.62. The molecule has 0 aromatic rings. The first kappa shape index (κ1) is 13.2. The molecule has 2 aliphatic rings. The third-order valence-corrected chi connectivity index (χ3v) is 5.18. The number of nitrogens with zero attached hydrogens (tertiary/aromatic N) is 1. The van der Waals surface area contributed by atoms with Gasteiger partial charge in [-0.15, -0.1) is 11.8 Å². The van der Waals surface area contributed by atoms with E-state index in [1.165, 1.54) is 25.0 Å². The summed E-state index contributed by atoms with van der Waals surface area (Å²) in [7, 11) is 0. The lowest BCUT2D eigenvalue weighted by Crippen LogP contribution is -2.43. The molecule has 2 heterocycles. The number of hydrogen-bond acceptors (Lipinski definition) is 3. The predicted octanol–water partition coefficient (Wildman–Crippen LogP) is 1.73. The topological polar surface area (TPSA) is 32.3 Å². The number of carbonyl (C=O) groups is 1. The van der Waals surface area contributed by atoms with E-state index in [0.29, 0.717) is 5.91 Å². The van der Waals surface area contributed by atoms with Gasteiger partial charge in [0.1, 0.15) is 0 Å². The van der Waals surface area contributed by atoms with Crippen molar-refractivity contribution in [2.75, 3.05) is 31.9 Å². The quantitative estimate of drug-likeness (QED) is 0.831. The fraction of sp³-hybridized carbons (Fsp3) is 0.923. The Bertz CT molecular complexity index is 246. The van der Waals surface area contributed by atoms with E-state index in [2.05, 4.69) is 17.1 Å². The van der Waals surface area contributed by atoms with Crippen molar-refractivity contribution in [1.82, 2.24) is 10.2 Å². The molecular formula is C13H24N2OS. The van der Waals surface area contributed by atoms with Gasteiger partial charge in [0.05, 0.1) is 5.25 Å². The molecule has 0 aliphatic carbocycles. The summed E-state index contributed by atoms with van der Waals surface area (Å²) < 4.78 is 0. The van der Waals surface area contributed by atoms with Crippen LogP contribution in [0.3, 0.4) is 0 Å². The van der Waals surface area contributed by atoms with Gasteiger partial charge in [-0.2, -0.15) is 0 Å². The highest BCUT2D eigenvalue weighted by Crippen LogP contribution is 2.29. The molecule has 1 N–H and O–H groups in total. The summed E-state index contributed by atoms with van der Waals surface area (Å²) in [6.07, 6.45) is 4.67. The Morgan fingerprint density at radius 2 is 2.12 bits per heavy atom. The summed E-state index contributed by atoms with van der Waals surface area (Å²) in [5, 5.41) is 3.69. The average Bonchev–Trinajstić information content (AvgIpc) is 2.90. The maximum Gasteiger partial charge on any atom is 0.235 e. The van der Waals surface area contributed by atoms with E-state index >= 15 is 0 Å². The zero-order valence-corrected chi connectivity index (χ0v) is 11.6. The first-order valence-corrected chi connectivity index (χ1v) is 7.97. The minimum absolute atomic E-state index is 0.278. The molecule has 0 radical (unpaired) electrons. The Hall–Kier alpha value is -0.220. The van der Waals surface area contributed by atoms with Crippen LogP contribution in [0.5, 0.6) is 0 Å². The normalized spacial score (nSPS) is 26.4. The minimum atomic E-state index is 0.278. The first-order valence-electron chi connectivity index (χ1n) is 6.92. The number of nitrogens with one attached hydrogen (secondary N) is 1. The molecule has 0 spiro atoms. The van der Waals surface area contributed by atoms with Gasteiger partial charge < -0.3 is 10.2 Å². The largest absolute Gasteiger partial charge is 0.342 e. The number of amides is 1. The lowest BCUT2D eigenvalue weighted by Gasteiger charge is -2.33. The van der Waals surface area contributed by atoms with E-state index < -0.39 is 0 Å². The second-order valence-corrected chi connectivity index (χ2v) is 6.39. The Kier molecular flexibility index (Phi) is 5.16. The summed E-state index contributed by atoms with van der Waals surface area (Å²) in [6, 6.07) is 0. The lowest BCUT2D eigenvalue weighted by molar-refractivity contribution is -0.132. The molecule has 0 saturated carbocycles. The molecular weight excluding hydrogens is 232 g/mol. The zero-order valence-electron chi connectivity index (χ0n) is 10.8. The van der Waals surface area contributed by atoms with Gasteiger partial charge in [-0.3, -0.25) is 4.79 Å². The molecule has 2 fully saturated rings. The van der Waals surface area contributed by atoms with Crippen LogP contribution in [0, 0.1) is 5.92 Å². The Morgan fingerprint density at radius 1 is 1.35 bits per heavy atom. The predicted molar refractivity (Wildman–Crippen MR) is 73.3 cm³/mol. The number of carbonyl (C=O) groups excluding carboxylic acids is 1. The molecule has 2 rings (SSSR count). The summed E-state index contributed by atoms with van der Waals surface area (Å²) in [5.74, 6) is 2.36. The molecule has 2 saturated heterocycles. The molecule has 0 aromatic heterocycles. The minimum Gasteiger partial charge on any atom is -0.342 e. The van der Waals surface area contributed by atoms with Gasteiger partial charge in [0.25, 0.3) is 0 Å². The average molecular weight is 256 g/mol. The van der Waals surface area contributed by atoms with Crippen molar-refractivity contribution in [3.8, 4) is 0 Å². The third-order valence-electron chi connectivity index (χ3n) is 3.81. The van der Waals surface area contributed by atoms with Gasteiger partial charge in [0.2, 0.25) is 5.91 Å². The van der Waals surface area contributed by atoms with Crippen LogP contribution in [0.2, 0.25) is 0 Å². The lowest BCUT2D eigenvalue weighted by atomic mass is 9.96. The van der Waals surface area contributed by atoms with Crippen molar-refractivity contribution in [3.05, 3.63) is 0 Å². The van der Waals surface area contributed by atoms with Crippen molar-refractivity contribution < 1.29 is 4.79 Å². The number of hydrogen-bond donors (Lipinski definition) is 1. The zero-order chi connectivity index (χ0) is 12.1. The van der Waals surface area contributed by atoms with Crippen molar-refractivity contribution in [2.45, 2.75) is 37.9 Å². The maximum absolute atomic E-state index is 12.2. The van der Waals surface area contributed by atoms with E-state index in [0.717, 1.165) is 38.5 Å². The number of piperidine rings is 1. The molecule has 3 nitrogen and oxygen atoms in total. The van der Waals surface area contributed by atoms with Crippen LogP contribution in [0.15, 0.2) is 0 Å². The molecule has 2 aliphatic heterocycles. The van der Waals surface area contributed by atoms with E-state index in [1.54, 1.807) is 0 Å². The second-order valence-electron chi connectivity index (χ2n) is 5.08. The van der Waals surface area contributed by atoms with Crippen LogP contribution in [0.25, 0.3) is 0 Å². The smallest absolute Gasteiger partial charge is 0.235 e. The van der Waals surface area contributed by atoms with Crippen molar-refractivity contribution in [1.29, 1.82) is 0 Å². The molecule has 1 amide bonds. The van der Waals surface area contributed by atoms with Crippen LogP contribution in [-0.2, 0) is 4.79 Å². The standard InChI is InChI=1S/C13H24N2OS/c1-2-14-10-11-5-7-15(8-6-11)13(16)12-4-3-9-17-12/h11-12,14H,2-10H2,1H3. The fourth-order valence-corrected chi connectivity index (χ4v) is 3.92. The second kappa shape index (κ2) is 6.64.